The van der Waals surface area contributed by atoms with Gasteiger partial charge in [0.1, 0.15) is 17.4 Å². The van der Waals surface area contributed by atoms with Crippen molar-refractivity contribution in [1.82, 2.24) is 29.9 Å². The zero-order valence-corrected chi connectivity index (χ0v) is 16.6. The predicted octanol–water partition coefficient (Wildman–Crippen LogP) is 0.875. The molecular formula is C19H20ClFN8O. The van der Waals surface area contributed by atoms with Crippen molar-refractivity contribution in [2.75, 3.05) is 6.54 Å². The first-order chi connectivity index (χ1) is 14.4. The maximum Gasteiger partial charge on any atom is 0.269 e. The number of carbonyl (C=O) groups excluding carboxylic acids is 1. The van der Waals surface area contributed by atoms with Crippen molar-refractivity contribution in [2.45, 2.75) is 12.7 Å². The maximum atomic E-state index is 14.3. The number of hydrogen-bond acceptors (Lipinski definition) is 7. The second-order valence-corrected chi connectivity index (χ2v) is 7.19. The lowest BCUT2D eigenvalue weighted by Gasteiger charge is -2.21. The molecule has 1 unspecified atom stereocenters. The van der Waals surface area contributed by atoms with E-state index >= 15 is 0 Å². The Balaban J connectivity index is 1.36. The Bertz CT molecular complexity index is 1110. The van der Waals surface area contributed by atoms with Gasteiger partial charge in [0.05, 0.1) is 35.8 Å². The number of fused-ring (bicyclic) bond motifs is 2. The van der Waals surface area contributed by atoms with Crippen LogP contribution in [0.3, 0.4) is 0 Å². The largest absolute Gasteiger partial charge is 0.393 e. The molecule has 0 fully saturated rings. The Kier molecular flexibility index (Phi) is 5.34. The van der Waals surface area contributed by atoms with Crippen molar-refractivity contribution in [3.63, 3.8) is 0 Å². The highest BCUT2D eigenvalue weighted by atomic mass is 35.5. The molecule has 0 spiro atoms. The second-order valence-electron chi connectivity index (χ2n) is 6.78. The molecule has 4 rings (SSSR count). The molecule has 2 aromatic rings. The van der Waals surface area contributed by atoms with E-state index in [1.807, 2.05) is 35.5 Å². The topological polar surface area (TPSA) is 117 Å². The SMILES string of the molecule is N/C(=C\N(N)CC1=CN2C=CC=CC2N1)C(=O)NCc1ncn2ccc(Cl)c(F)c12. The van der Waals surface area contributed by atoms with Gasteiger partial charge in [-0.2, -0.15) is 0 Å². The number of pyridine rings is 1. The summed E-state index contributed by atoms with van der Waals surface area (Å²) in [5.74, 6) is 4.81. The van der Waals surface area contributed by atoms with E-state index in [0.717, 1.165) is 5.70 Å². The van der Waals surface area contributed by atoms with Crippen LogP contribution in [0, 0.1) is 5.82 Å². The average Bonchev–Trinajstić information content (AvgIpc) is 3.32. The molecule has 1 atom stereocenters. The van der Waals surface area contributed by atoms with Gasteiger partial charge in [-0.1, -0.05) is 17.7 Å². The standard InChI is InChI=1S/C19H20ClFN8O/c20-13-4-6-28-11-25-15(18(28)17(13)21)7-24-19(30)14(22)10-29(23)9-12-8-27-5-2-1-3-16(27)26-12/h1-6,8,10-11,16,26H,7,9,22-23H2,(H,24,30)/b14-10-. The van der Waals surface area contributed by atoms with Crippen molar-refractivity contribution in [1.29, 1.82) is 0 Å². The van der Waals surface area contributed by atoms with E-state index in [4.69, 9.17) is 23.2 Å². The van der Waals surface area contributed by atoms with E-state index in [-0.39, 0.29) is 28.9 Å². The summed E-state index contributed by atoms with van der Waals surface area (Å²) in [5, 5.41) is 7.19. The zero-order valence-electron chi connectivity index (χ0n) is 15.8. The van der Waals surface area contributed by atoms with Gasteiger partial charge in [0.15, 0.2) is 5.82 Å². The smallest absolute Gasteiger partial charge is 0.269 e. The molecule has 1 amide bonds. The molecule has 2 aliphatic heterocycles. The molecule has 0 aliphatic carbocycles. The molecule has 9 nitrogen and oxygen atoms in total. The number of nitrogens with zero attached hydrogens (tertiary/aromatic N) is 4. The number of imidazole rings is 1. The average molecular weight is 431 g/mol. The number of nitrogens with one attached hydrogen (secondary N) is 2. The maximum absolute atomic E-state index is 14.3. The molecule has 6 N–H and O–H groups in total. The summed E-state index contributed by atoms with van der Waals surface area (Å²) in [4.78, 5) is 18.4. The van der Waals surface area contributed by atoms with Gasteiger partial charge in [0.2, 0.25) is 0 Å². The van der Waals surface area contributed by atoms with E-state index < -0.39 is 11.7 Å². The van der Waals surface area contributed by atoms with Gasteiger partial charge < -0.3 is 30.7 Å². The van der Waals surface area contributed by atoms with Gasteiger partial charge in [-0.15, -0.1) is 0 Å². The van der Waals surface area contributed by atoms with Gasteiger partial charge in [-0.3, -0.25) is 4.79 Å². The van der Waals surface area contributed by atoms with E-state index in [2.05, 4.69) is 15.6 Å². The Labute approximate surface area is 176 Å². The lowest BCUT2D eigenvalue weighted by molar-refractivity contribution is -0.117. The van der Waals surface area contributed by atoms with Gasteiger partial charge in [-0.25, -0.2) is 15.2 Å². The molecule has 156 valence electrons. The van der Waals surface area contributed by atoms with Crippen LogP contribution in [-0.4, -0.2) is 37.9 Å². The van der Waals surface area contributed by atoms with Crippen LogP contribution < -0.4 is 22.2 Å². The number of hydrazine groups is 1. The molecule has 30 heavy (non-hydrogen) atoms. The fraction of sp³-hybridized carbons (Fsp3) is 0.158. The minimum Gasteiger partial charge on any atom is -0.393 e. The van der Waals surface area contributed by atoms with E-state index in [9.17, 15) is 9.18 Å². The molecule has 0 radical (unpaired) electrons. The first-order valence-electron chi connectivity index (χ1n) is 9.08. The van der Waals surface area contributed by atoms with Crippen LogP contribution in [0.25, 0.3) is 5.52 Å². The normalized spacial score (nSPS) is 17.7. The molecule has 2 aliphatic rings. The summed E-state index contributed by atoms with van der Waals surface area (Å²) < 4.78 is 15.8. The summed E-state index contributed by atoms with van der Waals surface area (Å²) in [7, 11) is 0. The zero-order chi connectivity index (χ0) is 21.3. The van der Waals surface area contributed by atoms with Gasteiger partial charge in [0.25, 0.3) is 5.91 Å². The van der Waals surface area contributed by atoms with Crippen molar-refractivity contribution in [3.8, 4) is 0 Å². The number of hydrogen-bond donors (Lipinski definition) is 4. The minimum atomic E-state index is -0.601. The number of allylic oxidation sites excluding steroid dienone is 2. The summed E-state index contributed by atoms with van der Waals surface area (Å²) >= 11 is 5.82. The highest BCUT2D eigenvalue weighted by Gasteiger charge is 2.21. The van der Waals surface area contributed by atoms with Crippen molar-refractivity contribution < 1.29 is 9.18 Å². The monoisotopic (exact) mass is 430 g/mol. The molecule has 11 heteroatoms. The lowest BCUT2D eigenvalue weighted by atomic mass is 10.3. The summed E-state index contributed by atoms with van der Waals surface area (Å²) in [6, 6.07) is 1.43. The summed E-state index contributed by atoms with van der Waals surface area (Å²) in [6.07, 6.45) is 14.2. The first kappa shape index (κ1) is 19.8. The fourth-order valence-electron chi connectivity index (χ4n) is 3.21. The molecule has 0 aromatic carbocycles. The first-order valence-corrected chi connectivity index (χ1v) is 9.46. The van der Waals surface area contributed by atoms with Crippen molar-refractivity contribution in [2.24, 2.45) is 11.6 Å². The number of aromatic nitrogens is 2. The van der Waals surface area contributed by atoms with Crippen LogP contribution in [-0.2, 0) is 11.3 Å². The predicted molar refractivity (Wildman–Crippen MR) is 110 cm³/mol. The van der Waals surface area contributed by atoms with Crippen molar-refractivity contribution in [3.05, 3.63) is 83.3 Å². The number of nitrogens with two attached hydrogens (primary N) is 2. The van der Waals surface area contributed by atoms with Crippen LogP contribution in [0.2, 0.25) is 5.02 Å². The van der Waals surface area contributed by atoms with Crippen LogP contribution in [0.1, 0.15) is 5.69 Å². The van der Waals surface area contributed by atoms with Crippen LogP contribution in [0.5, 0.6) is 0 Å². The molecule has 0 saturated carbocycles. The number of amides is 1. The highest BCUT2D eigenvalue weighted by Crippen LogP contribution is 2.21. The van der Waals surface area contributed by atoms with E-state index in [1.54, 1.807) is 6.20 Å². The molecule has 4 heterocycles. The van der Waals surface area contributed by atoms with Crippen LogP contribution >= 0.6 is 11.6 Å². The fourth-order valence-corrected chi connectivity index (χ4v) is 3.36. The van der Waals surface area contributed by atoms with E-state index in [1.165, 1.54) is 28.0 Å². The number of rotatable bonds is 6. The van der Waals surface area contributed by atoms with E-state index in [0.29, 0.717) is 12.2 Å². The van der Waals surface area contributed by atoms with Gasteiger partial charge >= 0.3 is 0 Å². The lowest BCUT2D eigenvalue weighted by Crippen LogP contribution is -2.37. The minimum absolute atomic E-state index is 0.0201. The van der Waals surface area contributed by atoms with Crippen LogP contribution in [0.4, 0.5) is 4.39 Å². The van der Waals surface area contributed by atoms with Crippen molar-refractivity contribution >= 4 is 23.0 Å². The number of halogens is 2. The van der Waals surface area contributed by atoms with Crippen LogP contribution in [0.15, 0.2) is 66.8 Å². The third-order valence-corrected chi connectivity index (χ3v) is 4.92. The highest BCUT2D eigenvalue weighted by molar-refractivity contribution is 6.31. The number of carbonyl (C=O) groups is 1. The Morgan fingerprint density at radius 3 is 3.10 bits per heavy atom. The van der Waals surface area contributed by atoms with Gasteiger partial charge in [-0.05, 0) is 18.2 Å². The Hall–Kier alpha value is -3.50. The van der Waals surface area contributed by atoms with Gasteiger partial charge in [0, 0.05) is 24.8 Å². The molecular weight excluding hydrogens is 411 g/mol. The molecule has 0 bridgehead atoms. The molecule has 2 aromatic heterocycles. The quantitative estimate of drug-likeness (QED) is 0.305. The summed E-state index contributed by atoms with van der Waals surface area (Å²) in [5.41, 5.74) is 7.17. The summed E-state index contributed by atoms with van der Waals surface area (Å²) in [6.45, 7) is 0.311. The molecule has 0 saturated heterocycles. The third-order valence-electron chi connectivity index (χ3n) is 4.63. The Morgan fingerprint density at radius 1 is 1.47 bits per heavy atom. The second kappa shape index (κ2) is 8.09. The third kappa shape index (κ3) is 3.95. The Morgan fingerprint density at radius 2 is 2.30 bits per heavy atom.